The summed E-state index contributed by atoms with van der Waals surface area (Å²) in [6, 6.07) is 76.0. The Labute approximate surface area is 680 Å². The maximum absolute atomic E-state index is 15.6. The van der Waals surface area contributed by atoms with Gasteiger partial charge in [-0.05, 0) is 207 Å². The number of benzene rings is 6. The highest BCUT2D eigenvalue weighted by molar-refractivity contribution is 7.26. The Morgan fingerprint density at radius 3 is 1.09 bits per heavy atom. The van der Waals surface area contributed by atoms with Crippen molar-refractivity contribution in [2.75, 3.05) is 16.3 Å². The third kappa shape index (κ3) is 19.5. The molecule has 0 unspecified atom stereocenters. The first-order valence-corrected chi connectivity index (χ1v) is 45.8. The van der Waals surface area contributed by atoms with Crippen molar-refractivity contribution in [3.8, 4) is 51.0 Å². The topological polar surface area (TPSA) is 51.7 Å². The molecular weight excluding hydrogens is 1430 g/mol. The highest BCUT2D eigenvalue weighted by Crippen LogP contribution is 2.50. The maximum atomic E-state index is 15.6. The molecule has 1 aliphatic heterocycles. The van der Waals surface area contributed by atoms with Crippen molar-refractivity contribution in [3.05, 3.63) is 268 Å². The summed E-state index contributed by atoms with van der Waals surface area (Å²) in [5, 5.41) is 12.9. The number of aromatic nitrogens is 1. The molecule has 2 aliphatic rings. The van der Waals surface area contributed by atoms with Crippen LogP contribution in [0.1, 0.15) is 235 Å². The Kier molecular flexibility index (Phi) is 29.5. The third-order valence-corrected chi connectivity index (χ3v) is 27.6. The molecule has 13 rings (SSSR count). The minimum atomic E-state index is -0.0623. The molecule has 6 nitrogen and oxygen atoms in total. The van der Waals surface area contributed by atoms with E-state index in [2.05, 4.69) is 279 Å². The summed E-state index contributed by atoms with van der Waals surface area (Å²) in [7, 11) is 0. The predicted octanol–water partition coefficient (Wildman–Crippen LogP) is 31.2. The van der Waals surface area contributed by atoms with Gasteiger partial charge in [-0.15, -0.1) is 45.3 Å². The average Bonchev–Trinajstić information content (AvgIpc) is 1.64. The lowest BCUT2D eigenvalue weighted by molar-refractivity contribution is -0.469. The van der Waals surface area contributed by atoms with Crippen molar-refractivity contribution < 1.29 is 14.5 Å². The van der Waals surface area contributed by atoms with Crippen LogP contribution >= 0.6 is 45.3 Å². The van der Waals surface area contributed by atoms with Gasteiger partial charge in [-0.2, -0.15) is 4.58 Å². The second kappa shape index (κ2) is 40.7. The van der Waals surface area contributed by atoms with Crippen LogP contribution in [0.4, 0.5) is 34.1 Å². The molecule has 0 atom stereocenters. The number of rotatable bonds is 44. The second-order valence-corrected chi connectivity index (χ2v) is 34.8. The van der Waals surface area contributed by atoms with Crippen LogP contribution in [0, 0.1) is 0 Å². The number of aliphatic hydroxyl groups is 1. The summed E-state index contributed by atoms with van der Waals surface area (Å²) in [4.78, 5) is 30.9. The highest BCUT2D eigenvalue weighted by atomic mass is 32.1. The first kappa shape index (κ1) is 80.4. The lowest BCUT2D eigenvalue weighted by atomic mass is 9.84. The van der Waals surface area contributed by atoms with Gasteiger partial charge in [-0.25, -0.2) is 0 Å². The zero-order chi connectivity index (χ0) is 76.7. The predicted molar refractivity (Wildman–Crippen MR) is 483 cm³/mol. The van der Waals surface area contributed by atoms with E-state index in [1.807, 2.05) is 45.3 Å². The number of thiophene rings is 4. The molecule has 10 heteroatoms. The number of carbonyl (C=O) groups is 1. The molecule has 6 heterocycles. The monoisotopic (exact) mass is 1550 g/mol. The van der Waals surface area contributed by atoms with Gasteiger partial charge in [-0.1, -0.05) is 254 Å². The van der Waals surface area contributed by atoms with Crippen LogP contribution in [0.15, 0.2) is 235 Å². The van der Waals surface area contributed by atoms with Crippen molar-refractivity contribution in [2.24, 2.45) is 0 Å². The Bertz CT molecular complexity index is 4830. The number of aliphatic hydroxyl groups excluding tert-OH is 1. The van der Waals surface area contributed by atoms with E-state index >= 15 is 4.79 Å². The largest absolute Gasteiger partial charge is 0.506 e. The SMILES string of the molecule is CCCCCCC[N+]1=C(c2cc(CCCCCC)c(-c3cc(CCCCCC)c(-c4ccc(N(c5ccccc5)c5ccccc5)cc4)s3)s2)C=C/C1=C1\C(=O)C(c2ccc(-c3cc(CCCCCC)c(-c4cc(CCCCCC)c(-c5ccc(N(c6ccccc6)c6ccccc6)cc5)s4)s3)n2CCCCCC)=C1O. The number of nitrogens with zero attached hydrogens (tertiary/aromatic N) is 4. The molecule has 1 N–H and O–H groups in total. The van der Waals surface area contributed by atoms with E-state index in [-0.39, 0.29) is 11.5 Å². The van der Waals surface area contributed by atoms with Gasteiger partial charge in [-0.3, -0.25) is 4.79 Å². The standard InChI is InChI=1S/C101H116N4O2S4/c1-7-13-19-25-43-69-103-87(91-71-79(47-33-23-17-11-5)101(109-91)93-73-77(45-31-21-15-9-3)99(111-93)75-58-62-85(63-59-75)105(82-52-38-28-39-53-82)83-54-40-29-41-55-83)65-67-89(103)95-96(106)94(97(95)107)88-66-64-86(102(88)68-42-24-18-12-6)90-70-78(46-32-22-16-10-4)100(108-90)92-72-76(44-30-20-14-8-2)98(110-92)74-56-60-84(61-57-74)104(80-48-34-26-35-49-80)81-50-36-27-37-51-81/h26-29,34-41,48-67,70-73H,7-25,30-33,42-47,68-69H2,1-6H3/p+1. The van der Waals surface area contributed by atoms with E-state index in [0.29, 0.717) is 11.1 Å². The smallest absolute Gasteiger partial charge is 0.223 e. The van der Waals surface area contributed by atoms with Gasteiger partial charge in [0, 0.05) is 88.5 Å². The van der Waals surface area contributed by atoms with E-state index in [4.69, 9.17) is 0 Å². The highest BCUT2D eigenvalue weighted by Gasteiger charge is 2.44. The summed E-state index contributed by atoms with van der Waals surface area (Å²) < 4.78 is 4.82. The van der Waals surface area contributed by atoms with E-state index in [1.165, 1.54) is 182 Å². The zero-order valence-electron chi connectivity index (χ0n) is 67.0. The Morgan fingerprint density at radius 2 is 0.676 bits per heavy atom. The molecule has 0 radical (unpaired) electrons. The van der Waals surface area contributed by atoms with Crippen molar-refractivity contribution in [2.45, 2.75) is 234 Å². The number of anilines is 6. The molecule has 6 aromatic carbocycles. The number of hydrogen-bond donors (Lipinski definition) is 1. The van der Waals surface area contributed by atoms with Crippen LogP contribution in [0.2, 0.25) is 0 Å². The third-order valence-electron chi connectivity index (χ3n) is 22.3. The molecule has 0 fully saturated rings. The van der Waals surface area contributed by atoms with Gasteiger partial charge < -0.3 is 19.5 Å². The molecule has 576 valence electrons. The van der Waals surface area contributed by atoms with Gasteiger partial charge in [0.15, 0.2) is 0 Å². The van der Waals surface area contributed by atoms with Crippen LogP contribution in [-0.4, -0.2) is 32.3 Å². The molecule has 0 amide bonds. The van der Waals surface area contributed by atoms with Crippen LogP contribution in [0.25, 0.3) is 56.5 Å². The number of Topliss-reactive ketones (excluding diaryl/α,β-unsaturated/α-hetero) is 1. The Morgan fingerprint density at radius 1 is 0.333 bits per heavy atom. The number of allylic oxidation sites excluding steroid dienone is 4. The normalized spacial score (nSPS) is 13.5. The van der Waals surface area contributed by atoms with Crippen molar-refractivity contribution in [1.29, 1.82) is 0 Å². The van der Waals surface area contributed by atoms with Crippen molar-refractivity contribution in [3.63, 3.8) is 0 Å². The van der Waals surface area contributed by atoms with Crippen LogP contribution in [0.3, 0.4) is 0 Å². The number of unbranched alkanes of at least 4 members (excludes halogenated alkanes) is 19. The molecule has 5 aromatic heterocycles. The fraction of sp³-hybridized carbons (Fsp3) is 0.366. The molecule has 0 saturated carbocycles. The fourth-order valence-corrected chi connectivity index (χ4v) is 21.5. The van der Waals surface area contributed by atoms with Crippen LogP contribution in [0.5, 0.6) is 0 Å². The minimum Gasteiger partial charge on any atom is -0.506 e. The summed E-state index contributed by atoms with van der Waals surface area (Å²) in [5.41, 5.74) is 19.9. The number of carbonyl (C=O) groups excluding carboxylic acids is 1. The minimum absolute atomic E-state index is 0.0623. The average molecular weight is 1550 g/mol. The maximum Gasteiger partial charge on any atom is 0.223 e. The van der Waals surface area contributed by atoms with Gasteiger partial charge in [0.1, 0.15) is 17.9 Å². The number of ketones is 1. The van der Waals surface area contributed by atoms with E-state index < -0.39 is 0 Å². The van der Waals surface area contributed by atoms with Gasteiger partial charge in [0.2, 0.25) is 17.2 Å². The van der Waals surface area contributed by atoms with E-state index in [0.717, 1.165) is 147 Å². The second-order valence-electron chi connectivity index (χ2n) is 30.6. The lowest BCUT2D eigenvalue weighted by Crippen LogP contribution is -2.28. The summed E-state index contributed by atoms with van der Waals surface area (Å²) in [6.07, 6.45) is 37.9. The van der Waals surface area contributed by atoms with Crippen LogP contribution < -0.4 is 9.80 Å². The fourth-order valence-electron chi connectivity index (χ4n) is 16.3. The van der Waals surface area contributed by atoms with Crippen molar-refractivity contribution in [1.82, 2.24) is 4.57 Å². The molecular formula is C101H117N4O2S4+. The Hall–Kier alpha value is -8.64. The van der Waals surface area contributed by atoms with Gasteiger partial charge in [0.25, 0.3) is 0 Å². The molecule has 1 aliphatic carbocycles. The summed E-state index contributed by atoms with van der Waals surface area (Å²) >= 11 is 7.79. The summed E-state index contributed by atoms with van der Waals surface area (Å²) in [6.45, 7) is 15.3. The van der Waals surface area contributed by atoms with E-state index in [9.17, 15) is 5.11 Å². The number of aryl methyl sites for hydroxylation is 4. The van der Waals surface area contributed by atoms with E-state index in [1.54, 1.807) is 0 Å². The molecule has 111 heavy (non-hydrogen) atoms. The quantitative estimate of drug-likeness (QED) is 0.0235. The molecule has 0 saturated heterocycles. The summed E-state index contributed by atoms with van der Waals surface area (Å²) in [5.74, 6) is 0.0629. The number of hydrogen-bond acceptors (Lipinski definition) is 8. The van der Waals surface area contributed by atoms with Crippen molar-refractivity contribution >= 4 is 96.5 Å². The molecule has 11 aromatic rings. The first-order valence-electron chi connectivity index (χ1n) is 42.5. The Balaban J connectivity index is 0.862. The lowest BCUT2D eigenvalue weighted by Gasteiger charge is -2.25. The number of para-hydroxylation sites is 4. The van der Waals surface area contributed by atoms with Crippen LogP contribution in [-0.2, 0) is 37.0 Å². The molecule has 0 spiro atoms. The van der Waals surface area contributed by atoms with Gasteiger partial charge >= 0.3 is 0 Å². The molecule has 0 bridgehead atoms. The zero-order valence-corrected chi connectivity index (χ0v) is 70.2. The first-order chi connectivity index (χ1) is 54.7. The van der Waals surface area contributed by atoms with Gasteiger partial charge in [0.05, 0.1) is 26.7 Å².